The van der Waals surface area contributed by atoms with Crippen molar-refractivity contribution in [1.29, 1.82) is 0 Å². The monoisotopic (exact) mass is 309 g/mol. The number of rotatable bonds is 8. The van der Waals surface area contributed by atoms with E-state index in [-0.39, 0.29) is 24.7 Å². The molecule has 4 nitrogen and oxygen atoms in total. The van der Waals surface area contributed by atoms with Crippen LogP contribution in [0.25, 0.3) is 0 Å². The number of hydrogen-bond acceptors (Lipinski definition) is 3. The van der Waals surface area contributed by atoms with E-state index >= 15 is 0 Å². The van der Waals surface area contributed by atoms with Gasteiger partial charge in [0.25, 0.3) is 0 Å². The molecule has 0 fully saturated rings. The summed E-state index contributed by atoms with van der Waals surface area (Å²) in [6.07, 6.45) is 2.10. The lowest BCUT2D eigenvalue weighted by Gasteiger charge is -2.20. The maximum atomic E-state index is 12.3. The van der Waals surface area contributed by atoms with E-state index in [1.165, 1.54) is 0 Å². The molecule has 0 aromatic heterocycles. The smallest absolute Gasteiger partial charge is 0.307 e. The normalized spacial score (nSPS) is 10.0. The van der Waals surface area contributed by atoms with Crippen LogP contribution >= 0.6 is 11.6 Å². The quantitative estimate of drug-likeness (QED) is 0.548. The molecule has 0 bridgehead atoms. The van der Waals surface area contributed by atoms with Crippen LogP contribution in [-0.2, 0) is 20.7 Å². The molecule has 1 aromatic rings. The second-order valence-electron chi connectivity index (χ2n) is 4.49. The summed E-state index contributed by atoms with van der Waals surface area (Å²) in [5, 5.41) is 0.636. The molecule has 0 saturated carbocycles. The Morgan fingerprint density at radius 3 is 2.57 bits per heavy atom. The molecule has 0 aliphatic rings. The van der Waals surface area contributed by atoms with E-state index < -0.39 is 0 Å². The van der Waals surface area contributed by atoms with Crippen molar-refractivity contribution in [2.75, 3.05) is 19.7 Å². The molecule has 0 radical (unpaired) electrons. The van der Waals surface area contributed by atoms with Crippen LogP contribution in [-0.4, -0.2) is 36.5 Å². The first kappa shape index (κ1) is 17.2. The molecule has 0 unspecified atom stereocenters. The summed E-state index contributed by atoms with van der Waals surface area (Å²) in [5.74, 6) is -0.354. The van der Waals surface area contributed by atoms with Crippen LogP contribution in [0.4, 0.5) is 0 Å². The minimum absolute atomic E-state index is 0.0541. The summed E-state index contributed by atoms with van der Waals surface area (Å²) in [6, 6.07) is 7.14. The summed E-state index contributed by atoms with van der Waals surface area (Å²) in [4.78, 5) is 25.2. The van der Waals surface area contributed by atoms with Gasteiger partial charge in [0, 0.05) is 18.1 Å². The first-order valence-corrected chi connectivity index (χ1v) is 7.23. The lowest BCUT2D eigenvalue weighted by Crippen LogP contribution is -2.34. The molecule has 5 heteroatoms. The van der Waals surface area contributed by atoms with E-state index in [0.717, 1.165) is 5.56 Å². The zero-order valence-electron chi connectivity index (χ0n) is 12.2. The fourth-order valence-corrected chi connectivity index (χ4v) is 1.95. The number of nitrogens with zero attached hydrogens (tertiary/aromatic N) is 1. The molecular formula is C16H20ClNO3. The molecule has 21 heavy (non-hydrogen) atoms. The van der Waals surface area contributed by atoms with Crippen molar-refractivity contribution >= 4 is 23.5 Å². The van der Waals surface area contributed by atoms with Gasteiger partial charge in [0.1, 0.15) is 0 Å². The van der Waals surface area contributed by atoms with Gasteiger partial charge in [-0.25, -0.2) is 0 Å². The number of hydrogen-bond donors (Lipinski definition) is 0. The Hall–Kier alpha value is -1.81. The van der Waals surface area contributed by atoms with Crippen LogP contribution in [0.15, 0.2) is 36.9 Å². The van der Waals surface area contributed by atoms with Gasteiger partial charge in [-0.3, -0.25) is 9.59 Å². The first-order chi connectivity index (χ1) is 10.1. The number of carbonyl (C=O) groups excluding carboxylic acids is 2. The Bertz CT molecular complexity index is 485. The minimum Gasteiger partial charge on any atom is -0.466 e. The van der Waals surface area contributed by atoms with Gasteiger partial charge in [-0.2, -0.15) is 0 Å². The molecule has 114 valence electrons. The molecule has 1 aromatic carbocycles. The summed E-state index contributed by atoms with van der Waals surface area (Å²) in [6.45, 7) is 6.48. The Labute approximate surface area is 130 Å². The standard InChI is InChI=1S/C16H20ClNO3/c1-3-10-18(11-9-16(20)21-4-2)15(19)12-13-5-7-14(17)8-6-13/h3,5-8H,1,4,9-12H2,2H3. The van der Waals surface area contributed by atoms with E-state index in [0.29, 0.717) is 24.7 Å². The Balaban J connectivity index is 2.57. The third-order valence-corrected chi connectivity index (χ3v) is 3.11. The Kier molecular flexibility index (Phi) is 7.54. The van der Waals surface area contributed by atoms with Crippen LogP contribution in [0.1, 0.15) is 18.9 Å². The van der Waals surface area contributed by atoms with Gasteiger partial charge < -0.3 is 9.64 Å². The molecule has 0 aliphatic heterocycles. The molecule has 0 heterocycles. The van der Waals surface area contributed by atoms with Crippen LogP contribution in [0.5, 0.6) is 0 Å². The van der Waals surface area contributed by atoms with Gasteiger partial charge in [-0.1, -0.05) is 29.8 Å². The number of esters is 1. The second kappa shape index (κ2) is 9.19. The highest BCUT2D eigenvalue weighted by molar-refractivity contribution is 6.30. The van der Waals surface area contributed by atoms with Crippen LogP contribution < -0.4 is 0 Å². The van der Waals surface area contributed by atoms with E-state index in [4.69, 9.17) is 16.3 Å². The zero-order valence-corrected chi connectivity index (χ0v) is 12.9. The van der Waals surface area contributed by atoms with E-state index in [2.05, 4.69) is 6.58 Å². The van der Waals surface area contributed by atoms with Gasteiger partial charge in [-0.05, 0) is 24.6 Å². The van der Waals surface area contributed by atoms with Crippen molar-refractivity contribution in [2.24, 2.45) is 0 Å². The predicted octanol–water partition coefficient (Wildman–Crippen LogP) is 2.85. The SMILES string of the molecule is C=CCN(CCC(=O)OCC)C(=O)Cc1ccc(Cl)cc1. The third kappa shape index (κ3) is 6.45. The van der Waals surface area contributed by atoms with Gasteiger partial charge >= 0.3 is 5.97 Å². The topological polar surface area (TPSA) is 46.6 Å². The average molecular weight is 310 g/mol. The van der Waals surface area contributed by atoms with Crippen LogP contribution in [0.3, 0.4) is 0 Å². The van der Waals surface area contributed by atoms with Crippen molar-refractivity contribution < 1.29 is 14.3 Å². The van der Waals surface area contributed by atoms with Gasteiger partial charge in [0.2, 0.25) is 5.91 Å². The third-order valence-electron chi connectivity index (χ3n) is 2.86. The Morgan fingerprint density at radius 2 is 2.00 bits per heavy atom. The maximum absolute atomic E-state index is 12.3. The molecule has 0 aliphatic carbocycles. The van der Waals surface area contributed by atoms with Gasteiger partial charge in [0.05, 0.1) is 19.4 Å². The fourth-order valence-electron chi connectivity index (χ4n) is 1.82. The molecule has 1 rings (SSSR count). The summed E-state index contributed by atoms with van der Waals surface area (Å²) in [7, 11) is 0. The number of carbonyl (C=O) groups is 2. The van der Waals surface area contributed by atoms with E-state index in [1.807, 2.05) is 12.1 Å². The minimum atomic E-state index is -0.300. The van der Waals surface area contributed by atoms with E-state index in [9.17, 15) is 9.59 Å². The zero-order chi connectivity index (χ0) is 15.7. The molecule has 0 N–H and O–H groups in total. The second-order valence-corrected chi connectivity index (χ2v) is 4.92. The molecule has 0 atom stereocenters. The van der Waals surface area contributed by atoms with Gasteiger partial charge in [-0.15, -0.1) is 6.58 Å². The van der Waals surface area contributed by atoms with Gasteiger partial charge in [0.15, 0.2) is 0 Å². The molecule has 0 saturated heterocycles. The van der Waals surface area contributed by atoms with Crippen molar-refractivity contribution in [2.45, 2.75) is 19.8 Å². The van der Waals surface area contributed by atoms with Crippen LogP contribution in [0, 0.1) is 0 Å². The summed E-state index contributed by atoms with van der Waals surface area (Å²) >= 11 is 5.81. The maximum Gasteiger partial charge on any atom is 0.307 e. The number of amides is 1. The first-order valence-electron chi connectivity index (χ1n) is 6.85. The van der Waals surface area contributed by atoms with E-state index in [1.54, 1.807) is 30.0 Å². The Morgan fingerprint density at radius 1 is 1.33 bits per heavy atom. The lowest BCUT2D eigenvalue weighted by atomic mass is 10.1. The highest BCUT2D eigenvalue weighted by Crippen LogP contribution is 2.11. The van der Waals surface area contributed by atoms with Crippen molar-refractivity contribution in [1.82, 2.24) is 4.90 Å². The highest BCUT2D eigenvalue weighted by Gasteiger charge is 2.14. The number of benzene rings is 1. The molecular weight excluding hydrogens is 290 g/mol. The number of halogens is 1. The average Bonchev–Trinajstić information content (AvgIpc) is 2.46. The lowest BCUT2D eigenvalue weighted by molar-refractivity contribution is -0.144. The van der Waals surface area contributed by atoms with Crippen molar-refractivity contribution in [3.8, 4) is 0 Å². The van der Waals surface area contributed by atoms with Crippen molar-refractivity contribution in [3.05, 3.63) is 47.5 Å². The summed E-state index contributed by atoms with van der Waals surface area (Å²) in [5.41, 5.74) is 0.884. The largest absolute Gasteiger partial charge is 0.466 e. The summed E-state index contributed by atoms with van der Waals surface area (Å²) < 4.78 is 4.86. The highest BCUT2D eigenvalue weighted by atomic mass is 35.5. The molecule has 1 amide bonds. The van der Waals surface area contributed by atoms with Crippen LogP contribution in [0.2, 0.25) is 5.02 Å². The van der Waals surface area contributed by atoms with Crippen molar-refractivity contribution in [3.63, 3.8) is 0 Å². The predicted molar refractivity (Wildman–Crippen MR) is 83.2 cm³/mol. The fraction of sp³-hybridized carbons (Fsp3) is 0.375. The molecule has 0 spiro atoms. The number of ether oxygens (including phenoxy) is 1.